The standard InChI is InChI=1S/C26H29N3O2S2/c1-17(2)27-9-11-28(12-10-27)26(31)25-21-15-24(19-8-13-32-16-19)33-23-7-5-4-6-20(23)29(21)18(3)14-22(25)30/h4-8,13-14,16-17,24H,9-12,15H2,1-3H3/t24-/m0/s1. The van der Waals surface area contributed by atoms with E-state index in [9.17, 15) is 9.59 Å². The largest absolute Gasteiger partial charge is 0.336 e. The second-order valence-electron chi connectivity index (χ2n) is 9.06. The first-order valence-corrected chi connectivity index (χ1v) is 13.3. The van der Waals surface area contributed by atoms with E-state index in [1.807, 2.05) is 29.7 Å². The molecule has 0 unspecified atom stereocenters. The molecule has 0 aliphatic carbocycles. The monoisotopic (exact) mass is 479 g/mol. The third-order valence-corrected chi connectivity index (χ3v) is 8.74. The van der Waals surface area contributed by atoms with Gasteiger partial charge in [0.25, 0.3) is 5.91 Å². The summed E-state index contributed by atoms with van der Waals surface area (Å²) in [5.41, 5.74) is 4.18. The number of fused-ring (bicyclic) bond motifs is 3. The van der Waals surface area contributed by atoms with Crippen LogP contribution in [-0.2, 0) is 6.42 Å². The molecule has 1 amide bonds. The molecule has 2 aliphatic heterocycles. The first-order valence-electron chi connectivity index (χ1n) is 11.5. The maximum atomic E-state index is 13.8. The van der Waals surface area contributed by atoms with E-state index in [0.29, 0.717) is 31.1 Å². The molecule has 7 heteroatoms. The van der Waals surface area contributed by atoms with Gasteiger partial charge in [-0.05, 0) is 55.3 Å². The number of amides is 1. The van der Waals surface area contributed by atoms with E-state index in [-0.39, 0.29) is 16.6 Å². The van der Waals surface area contributed by atoms with E-state index in [0.717, 1.165) is 30.2 Å². The smallest absolute Gasteiger partial charge is 0.259 e. The molecule has 33 heavy (non-hydrogen) atoms. The molecule has 3 aromatic rings. The van der Waals surface area contributed by atoms with Gasteiger partial charge in [-0.3, -0.25) is 14.5 Å². The molecule has 1 saturated heterocycles. The summed E-state index contributed by atoms with van der Waals surface area (Å²) >= 11 is 3.50. The molecule has 0 N–H and O–H groups in total. The molecular formula is C26H29N3O2S2. The Morgan fingerprint density at radius 3 is 2.55 bits per heavy atom. The highest BCUT2D eigenvalue weighted by atomic mass is 32.2. The fourth-order valence-corrected chi connectivity index (χ4v) is 6.97. The number of rotatable bonds is 3. The van der Waals surface area contributed by atoms with Crippen LogP contribution < -0.4 is 5.43 Å². The van der Waals surface area contributed by atoms with Gasteiger partial charge in [0.05, 0.1) is 5.69 Å². The number of hydrogen-bond acceptors (Lipinski definition) is 5. The number of carbonyl (C=O) groups is 1. The number of aryl methyl sites for hydroxylation is 1. The van der Waals surface area contributed by atoms with Crippen molar-refractivity contribution in [2.75, 3.05) is 26.2 Å². The van der Waals surface area contributed by atoms with E-state index in [1.54, 1.807) is 17.4 Å². The van der Waals surface area contributed by atoms with Crippen LogP contribution in [-0.4, -0.2) is 52.5 Å². The summed E-state index contributed by atoms with van der Waals surface area (Å²) in [7, 11) is 0. The van der Waals surface area contributed by atoms with Crippen LogP contribution in [0.4, 0.5) is 0 Å². The lowest BCUT2D eigenvalue weighted by molar-refractivity contribution is 0.0592. The predicted molar refractivity (Wildman–Crippen MR) is 136 cm³/mol. The van der Waals surface area contributed by atoms with Crippen molar-refractivity contribution in [3.8, 4) is 5.69 Å². The Morgan fingerprint density at radius 2 is 1.85 bits per heavy atom. The van der Waals surface area contributed by atoms with Crippen LogP contribution in [0.2, 0.25) is 0 Å². The molecule has 5 rings (SSSR count). The number of carbonyl (C=O) groups excluding carboxylic acids is 1. The molecule has 1 fully saturated rings. The zero-order valence-corrected chi connectivity index (χ0v) is 20.9. The maximum absolute atomic E-state index is 13.8. The number of hydrogen-bond donors (Lipinski definition) is 0. The molecule has 0 spiro atoms. The second kappa shape index (κ2) is 9.12. The summed E-state index contributed by atoms with van der Waals surface area (Å²) in [5, 5.41) is 4.42. The van der Waals surface area contributed by atoms with Crippen LogP contribution in [0.25, 0.3) is 5.69 Å². The number of thioether (sulfide) groups is 1. The molecule has 1 atom stereocenters. The zero-order chi connectivity index (χ0) is 23.1. The third-order valence-electron chi connectivity index (χ3n) is 6.71. The van der Waals surface area contributed by atoms with Gasteiger partial charge < -0.3 is 9.47 Å². The summed E-state index contributed by atoms with van der Waals surface area (Å²) < 4.78 is 2.15. The van der Waals surface area contributed by atoms with E-state index in [2.05, 4.69) is 58.3 Å². The van der Waals surface area contributed by atoms with Crippen molar-refractivity contribution in [2.24, 2.45) is 0 Å². The van der Waals surface area contributed by atoms with Crippen molar-refractivity contribution in [2.45, 2.75) is 43.4 Å². The maximum Gasteiger partial charge on any atom is 0.259 e. The van der Waals surface area contributed by atoms with Gasteiger partial charge in [-0.25, -0.2) is 0 Å². The third kappa shape index (κ3) is 4.18. The van der Waals surface area contributed by atoms with Crippen LogP contribution in [0.3, 0.4) is 0 Å². The van der Waals surface area contributed by atoms with Crippen molar-refractivity contribution in [1.29, 1.82) is 0 Å². The van der Waals surface area contributed by atoms with Crippen molar-refractivity contribution in [1.82, 2.24) is 14.4 Å². The lowest BCUT2D eigenvalue weighted by Crippen LogP contribution is -2.51. The van der Waals surface area contributed by atoms with Crippen molar-refractivity contribution in [3.05, 3.63) is 79.9 Å². The van der Waals surface area contributed by atoms with Gasteiger partial charge in [0, 0.05) is 66.2 Å². The number of nitrogens with zero attached hydrogens (tertiary/aromatic N) is 3. The zero-order valence-electron chi connectivity index (χ0n) is 19.3. The minimum absolute atomic E-state index is 0.124. The molecular weight excluding hydrogens is 450 g/mol. The van der Waals surface area contributed by atoms with Gasteiger partial charge in [-0.15, -0.1) is 11.8 Å². The number of thiophene rings is 1. The molecule has 2 aliphatic rings. The molecule has 0 radical (unpaired) electrons. The van der Waals surface area contributed by atoms with E-state index < -0.39 is 0 Å². The second-order valence-corrected chi connectivity index (χ2v) is 11.1. The SMILES string of the molecule is Cc1cc(=O)c(C(=O)N2CCN(C(C)C)CC2)c2n1-c1ccccc1S[C@H](c1ccsc1)C2. The first kappa shape index (κ1) is 22.4. The summed E-state index contributed by atoms with van der Waals surface area (Å²) in [6.45, 7) is 9.33. The van der Waals surface area contributed by atoms with Gasteiger partial charge in [0.1, 0.15) is 5.56 Å². The predicted octanol–water partition coefficient (Wildman–Crippen LogP) is 4.76. The minimum Gasteiger partial charge on any atom is -0.336 e. The lowest BCUT2D eigenvalue weighted by Gasteiger charge is -2.37. The van der Waals surface area contributed by atoms with Crippen molar-refractivity contribution < 1.29 is 4.79 Å². The summed E-state index contributed by atoms with van der Waals surface area (Å²) in [6.07, 6.45) is 0.639. The molecule has 0 bridgehead atoms. The fourth-order valence-electron chi connectivity index (χ4n) is 4.91. The van der Waals surface area contributed by atoms with Crippen LogP contribution in [0.1, 0.15) is 46.4 Å². The normalized spacial score (nSPS) is 18.7. The van der Waals surface area contributed by atoms with Crippen molar-refractivity contribution >= 4 is 29.0 Å². The van der Waals surface area contributed by atoms with Crippen LogP contribution in [0.5, 0.6) is 0 Å². The topological polar surface area (TPSA) is 45.6 Å². The Bertz CT molecular complexity index is 1220. The summed E-state index contributed by atoms with van der Waals surface area (Å²) in [6, 6.07) is 12.6. The average molecular weight is 480 g/mol. The number of aromatic nitrogens is 1. The average Bonchev–Trinajstić information content (AvgIpc) is 3.28. The quantitative estimate of drug-likeness (QED) is 0.543. The lowest BCUT2D eigenvalue weighted by atomic mass is 10.0. The van der Waals surface area contributed by atoms with E-state index in [1.165, 1.54) is 10.5 Å². The molecule has 2 aromatic heterocycles. The number of para-hydroxylation sites is 1. The van der Waals surface area contributed by atoms with Gasteiger partial charge in [-0.1, -0.05) is 12.1 Å². The highest BCUT2D eigenvalue weighted by Crippen LogP contribution is 2.44. The Balaban J connectivity index is 1.62. The first-order chi connectivity index (χ1) is 15.9. The van der Waals surface area contributed by atoms with Crippen LogP contribution in [0.15, 0.2) is 56.8 Å². The van der Waals surface area contributed by atoms with Gasteiger partial charge in [-0.2, -0.15) is 11.3 Å². The van der Waals surface area contributed by atoms with Gasteiger partial charge >= 0.3 is 0 Å². The minimum atomic E-state index is -0.163. The Hall–Kier alpha value is -2.35. The Kier molecular flexibility index (Phi) is 6.20. The van der Waals surface area contributed by atoms with Crippen LogP contribution in [0, 0.1) is 6.92 Å². The van der Waals surface area contributed by atoms with E-state index in [4.69, 9.17) is 0 Å². The fraction of sp³-hybridized carbons (Fsp3) is 0.385. The highest BCUT2D eigenvalue weighted by Gasteiger charge is 2.32. The molecule has 0 saturated carbocycles. The molecule has 5 nitrogen and oxygen atoms in total. The van der Waals surface area contributed by atoms with Gasteiger partial charge in [0.15, 0.2) is 5.43 Å². The Labute approximate surface area is 203 Å². The van der Waals surface area contributed by atoms with Gasteiger partial charge in [0.2, 0.25) is 0 Å². The molecule has 1 aromatic carbocycles. The summed E-state index contributed by atoms with van der Waals surface area (Å²) in [4.78, 5) is 32.5. The molecule has 172 valence electrons. The van der Waals surface area contributed by atoms with Crippen LogP contribution >= 0.6 is 23.1 Å². The molecule has 4 heterocycles. The number of piperazine rings is 1. The Morgan fingerprint density at radius 1 is 1.09 bits per heavy atom. The summed E-state index contributed by atoms with van der Waals surface area (Å²) in [5.74, 6) is -0.124. The number of pyridine rings is 1. The van der Waals surface area contributed by atoms with E-state index >= 15 is 0 Å². The number of benzene rings is 1. The highest BCUT2D eigenvalue weighted by molar-refractivity contribution is 7.99. The van der Waals surface area contributed by atoms with Crippen molar-refractivity contribution in [3.63, 3.8) is 0 Å².